The van der Waals surface area contributed by atoms with Crippen molar-refractivity contribution in [2.24, 2.45) is 5.14 Å². The second-order valence-corrected chi connectivity index (χ2v) is 6.51. The first-order chi connectivity index (χ1) is 10.9. The van der Waals surface area contributed by atoms with Crippen LogP contribution in [0.3, 0.4) is 0 Å². The monoisotopic (exact) mass is 330 g/mol. The molecule has 3 aromatic rings. The number of nitrogens with one attached hydrogen (secondary N) is 2. The minimum Gasteiger partial charge on any atom is -0.378 e. The third-order valence-corrected chi connectivity index (χ3v) is 4.23. The van der Waals surface area contributed by atoms with Crippen LogP contribution in [-0.4, -0.2) is 18.4 Å². The van der Waals surface area contributed by atoms with Crippen molar-refractivity contribution >= 4 is 26.6 Å². The van der Waals surface area contributed by atoms with E-state index in [9.17, 15) is 13.2 Å². The van der Waals surface area contributed by atoms with Gasteiger partial charge in [0.05, 0.1) is 22.3 Å². The molecule has 0 aliphatic rings. The Morgan fingerprint density at radius 3 is 2.48 bits per heavy atom. The van der Waals surface area contributed by atoms with Crippen molar-refractivity contribution in [3.05, 3.63) is 64.7 Å². The van der Waals surface area contributed by atoms with Crippen molar-refractivity contribution < 1.29 is 8.42 Å². The summed E-state index contributed by atoms with van der Waals surface area (Å²) in [6.45, 7) is 0.300. The molecule has 23 heavy (non-hydrogen) atoms. The highest BCUT2D eigenvalue weighted by Gasteiger charge is 2.07. The van der Waals surface area contributed by atoms with Gasteiger partial charge in [-0.1, -0.05) is 12.1 Å². The Bertz CT molecular complexity index is 1010. The Morgan fingerprint density at radius 2 is 1.78 bits per heavy atom. The summed E-state index contributed by atoms with van der Waals surface area (Å²) in [5, 5.41) is 8.64. The van der Waals surface area contributed by atoms with Gasteiger partial charge in [-0.3, -0.25) is 4.79 Å². The SMILES string of the molecule is NS(=O)(=O)c1ccc(NCc2nc3ccccc3c(=O)[nH]2)cc1. The number of anilines is 1. The topological polar surface area (TPSA) is 118 Å². The standard InChI is InChI=1S/C15H14N4O3S/c16-23(21,22)11-7-5-10(6-8-11)17-9-14-18-13-4-2-1-3-12(13)15(20)19-14/h1-8,17H,9H2,(H2,16,21,22)(H,18,19,20). The van der Waals surface area contributed by atoms with Gasteiger partial charge in [-0.2, -0.15) is 0 Å². The lowest BCUT2D eigenvalue weighted by molar-refractivity contribution is 0.598. The van der Waals surface area contributed by atoms with Gasteiger partial charge < -0.3 is 10.3 Å². The molecular formula is C15H14N4O3S. The van der Waals surface area contributed by atoms with Gasteiger partial charge in [0.25, 0.3) is 5.56 Å². The highest BCUT2D eigenvalue weighted by molar-refractivity contribution is 7.89. The van der Waals surface area contributed by atoms with E-state index in [0.717, 1.165) is 0 Å². The molecule has 7 nitrogen and oxygen atoms in total. The predicted molar refractivity (Wildman–Crippen MR) is 87.5 cm³/mol. The van der Waals surface area contributed by atoms with Crippen molar-refractivity contribution in [3.8, 4) is 0 Å². The van der Waals surface area contributed by atoms with Crippen molar-refractivity contribution in [2.45, 2.75) is 11.4 Å². The fraction of sp³-hybridized carbons (Fsp3) is 0.0667. The van der Waals surface area contributed by atoms with Gasteiger partial charge >= 0.3 is 0 Å². The van der Waals surface area contributed by atoms with Crippen molar-refractivity contribution in [3.63, 3.8) is 0 Å². The molecule has 118 valence electrons. The summed E-state index contributed by atoms with van der Waals surface area (Å²) in [7, 11) is -3.70. The van der Waals surface area contributed by atoms with Crippen molar-refractivity contribution in [1.82, 2.24) is 9.97 Å². The van der Waals surface area contributed by atoms with Crippen LogP contribution in [0, 0.1) is 0 Å². The number of sulfonamides is 1. The zero-order valence-electron chi connectivity index (χ0n) is 12.0. The maximum Gasteiger partial charge on any atom is 0.258 e. The fourth-order valence-corrected chi connectivity index (χ4v) is 2.68. The van der Waals surface area contributed by atoms with E-state index >= 15 is 0 Å². The Morgan fingerprint density at radius 1 is 1.09 bits per heavy atom. The van der Waals surface area contributed by atoms with Gasteiger partial charge in [-0.25, -0.2) is 18.5 Å². The number of H-pyrrole nitrogens is 1. The number of nitrogens with zero attached hydrogens (tertiary/aromatic N) is 1. The quantitative estimate of drug-likeness (QED) is 0.664. The molecule has 0 unspecified atom stereocenters. The molecule has 3 rings (SSSR count). The van der Waals surface area contributed by atoms with Crippen LogP contribution in [0.5, 0.6) is 0 Å². The minimum atomic E-state index is -3.70. The van der Waals surface area contributed by atoms with E-state index in [-0.39, 0.29) is 10.5 Å². The number of benzene rings is 2. The molecular weight excluding hydrogens is 316 g/mol. The zero-order chi connectivity index (χ0) is 16.4. The van der Waals surface area contributed by atoms with E-state index < -0.39 is 10.0 Å². The maximum absolute atomic E-state index is 12.0. The number of primary sulfonamides is 1. The molecule has 0 saturated heterocycles. The highest BCUT2D eigenvalue weighted by atomic mass is 32.2. The summed E-state index contributed by atoms with van der Waals surface area (Å²) < 4.78 is 22.4. The zero-order valence-corrected chi connectivity index (χ0v) is 12.8. The molecule has 0 radical (unpaired) electrons. The molecule has 0 bridgehead atoms. The molecule has 2 aromatic carbocycles. The summed E-state index contributed by atoms with van der Waals surface area (Å²) in [6.07, 6.45) is 0. The third-order valence-electron chi connectivity index (χ3n) is 3.30. The van der Waals surface area contributed by atoms with Crippen LogP contribution in [0.2, 0.25) is 0 Å². The molecule has 8 heteroatoms. The predicted octanol–water partition coefficient (Wildman–Crippen LogP) is 1.18. The van der Waals surface area contributed by atoms with E-state index in [0.29, 0.717) is 29.0 Å². The molecule has 0 aliphatic carbocycles. The first kappa shape index (κ1) is 15.2. The fourth-order valence-electron chi connectivity index (χ4n) is 2.17. The number of aromatic amines is 1. The van der Waals surface area contributed by atoms with E-state index in [1.54, 1.807) is 30.3 Å². The van der Waals surface area contributed by atoms with E-state index in [4.69, 9.17) is 5.14 Å². The Hall–Kier alpha value is -2.71. The first-order valence-corrected chi connectivity index (χ1v) is 8.33. The van der Waals surface area contributed by atoms with Gasteiger partial charge in [-0.05, 0) is 36.4 Å². The van der Waals surface area contributed by atoms with Gasteiger partial charge in [-0.15, -0.1) is 0 Å². The molecule has 0 atom stereocenters. The van der Waals surface area contributed by atoms with Crippen molar-refractivity contribution in [2.75, 3.05) is 5.32 Å². The van der Waals surface area contributed by atoms with Gasteiger partial charge in [0.1, 0.15) is 5.82 Å². The summed E-state index contributed by atoms with van der Waals surface area (Å²) in [5.41, 5.74) is 1.11. The average molecular weight is 330 g/mol. The Kier molecular flexibility index (Phi) is 3.85. The Balaban J connectivity index is 1.79. The van der Waals surface area contributed by atoms with Crippen LogP contribution < -0.4 is 16.0 Å². The van der Waals surface area contributed by atoms with Crippen LogP contribution in [0.1, 0.15) is 5.82 Å². The average Bonchev–Trinajstić information content (AvgIpc) is 2.52. The second-order valence-electron chi connectivity index (χ2n) is 4.95. The number of aromatic nitrogens is 2. The molecule has 0 spiro atoms. The van der Waals surface area contributed by atoms with Crippen LogP contribution in [-0.2, 0) is 16.6 Å². The lowest BCUT2D eigenvalue weighted by atomic mass is 10.2. The van der Waals surface area contributed by atoms with Crippen LogP contribution >= 0.6 is 0 Å². The maximum atomic E-state index is 12.0. The van der Waals surface area contributed by atoms with Gasteiger partial charge in [0, 0.05) is 5.69 Å². The first-order valence-electron chi connectivity index (χ1n) is 6.78. The lowest BCUT2D eigenvalue weighted by Crippen LogP contribution is -2.14. The van der Waals surface area contributed by atoms with E-state index in [2.05, 4.69) is 15.3 Å². The molecule has 1 heterocycles. The lowest BCUT2D eigenvalue weighted by Gasteiger charge is -2.07. The minimum absolute atomic E-state index is 0.0419. The summed E-state index contributed by atoms with van der Waals surface area (Å²) in [6, 6.07) is 13.1. The normalized spacial score (nSPS) is 11.5. The van der Waals surface area contributed by atoms with Crippen LogP contribution in [0.15, 0.2) is 58.2 Å². The van der Waals surface area contributed by atoms with Gasteiger partial charge in [0.2, 0.25) is 10.0 Å². The molecule has 0 saturated carbocycles. The second kappa shape index (κ2) is 5.82. The molecule has 4 N–H and O–H groups in total. The molecule has 0 amide bonds. The van der Waals surface area contributed by atoms with Crippen molar-refractivity contribution in [1.29, 1.82) is 0 Å². The molecule has 0 fully saturated rings. The number of rotatable bonds is 4. The largest absolute Gasteiger partial charge is 0.378 e. The number of hydrogen-bond donors (Lipinski definition) is 3. The summed E-state index contributed by atoms with van der Waals surface area (Å²) in [4.78, 5) is 19.1. The summed E-state index contributed by atoms with van der Waals surface area (Å²) in [5.74, 6) is 0.490. The molecule has 1 aromatic heterocycles. The molecule has 0 aliphatic heterocycles. The number of para-hydroxylation sites is 1. The number of nitrogens with two attached hydrogens (primary N) is 1. The van der Waals surface area contributed by atoms with E-state index in [1.165, 1.54) is 12.1 Å². The van der Waals surface area contributed by atoms with Crippen LogP contribution in [0.4, 0.5) is 5.69 Å². The van der Waals surface area contributed by atoms with E-state index in [1.807, 2.05) is 6.07 Å². The van der Waals surface area contributed by atoms with Crippen LogP contribution in [0.25, 0.3) is 10.9 Å². The number of fused-ring (bicyclic) bond motifs is 1. The summed E-state index contributed by atoms with van der Waals surface area (Å²) >= 11 is 0. The Labute approximate surface area is 132 Å². The van der Waals surface area contributed by atoms with Gasteiger partial charge in [0.15, 0.2) is 0 Å². The highest BCUT2D eigenvalue weighted by Crippen LogP contribution is 2.13. The third kappa shape index (κ3) is 3.38. The smallest absolute Gasteiger partial charge is 0.258 e. The number of hydrogen-bond acceptors (Lipinski definition) is 5.